The third-order valence-corrected chi connectivity index (χ3v) is 2.33. The van der Waals surface area contributed by atoms with Crippen LogP contribution in [0.25, 0.3) is 0 Å². The van der Waals surface area contributed by atoms with E-state index in [0.29, 0.717) is 19.8 Å². The molecule has 1 heterocycles. The van der Waals surface area contributed by atoms with E-state index in [1.165, 1.54) is 0 Å². The number of hydrogen-bond acceptors (Lipinski definition) is 4. The van der Waals surface area contributed by atoms with Crippen molar-refractivity contribution in [1.82, 2.24) is 4.90 Å². The Morgan fingerprint density at radius 2 is 2.06 bits per heavy atom. The van der Waals surface area contributed by atoms with E-state index in [0.717, 1.165) is 13.1 Å². The van der Waals surface area contributed by atoms with Crippen molar-refractivity contribution in [2.45, 2.75) is 19.3 Å². The Balaban J connectivity index is 2.00. The Morgan fingerprint density at radius 3 is 2.69 bits per heavy atom. The van der Waals surface area contributed by atoms with Gasteiger partial charge in [0.1, 0.15) is 0 Å². The fourth-order valence-electron chi connectivity index (χ4n) is 1.41. The molecule has 0 spiro atoms. The van der Waals surface area contributed by atoms with Crippen molar-refractivity contribution in [1.29, 1.82) is 0 Å². The lowest BCUT2D eigenvalue weighted by Gasteiger charge is -2.25. The van der Waals surface area contributed by atoms with Gasteiger partial charge in [-0.25, -0.2) is 8.78 Å². The third-order valence-electron chi connectivity index (χ3n) is 2.33. The van der Waals surface area contributed by atoms with Crippen LogP contribution < -0.4 is 0 Å². The summed E-state index contributed by atoms with van der Waals surface area (Å²) >= 11 is 0. The minimum Gasteiger partial charge on any atom is -0.465 e. The highest BCUT2D eigenvalue weighted by molar-refractivity contribution is 5.69. The van der Waals surface area contributed by atoms with Crippen LogP contribution in [0.2, 0.25) is 0 Å². The molecule has 6 heteroatoms. The maximum atomic E-state index is 11.7. The smallest absolute Gasteiger partial charge is 0.307 e. The van der Waals surface area contributed by atoms with E-state index in [9.17, 15) is 13.6 Å². The first-order valence-electron chi connectivity index (χ1n) is 5.42. The number of morpholine rings is 1. The van der Waals surface area contributed by atoms with Crippen molar-refractivity contribution in [3.05, 3.63) is 0 Å². The van der Waals surface area contributed by atoms with Crippen LogP contribution in [0.3, 0.4) is 0 Å². The van der Waals surface area contributed by atoms with Crippen LogP contribution in [0, 0.1) is 0 Å². The summed E-state index contributed by atoms with van der Waals surface area (Å²) in [7, 11) is 0. The molecule has 0 aromatic carbocycles. The second-order valence-corrected chi connectivity index (χ2v) is 3.60. The van der Waals surface area contributed by atoms with Gasteiger partial charge in [0.05, 0.1) is 26.2 Å². The predicted molar refractivity (Wildman–Crippen MR) is 53.5 cm³/mol. The Morgan fingerprint density at radius 1 is 1.38 bits per heavy atom. The molecule has 0 unspecified atom stereocenters. The quantitative estimate of drug-likeness (QED) is 0.644. The number of alkyl halides is 2. The molecule has 0 saturated carbocycles. The summed E-state index contributed by atoms with van der Waals surface area (Å²) in [5.74, 6) is -0.410. The van der Waals surface area contributed by atoms with Gasteiger partial charge in [-0.15, -0.1) is 0 Å². The number of carbonyl (C=O) groups excluding carboxylic acids is 1. The molecule has 1 fully saturated rings. The summed E-state index contributed by atoms with van der Waals surface area (Å²) in [5.41, 5.74) is 0. The highest BCUT2D eigenvalue weighted by Gasteiger charge is 2.12. The molecule has 0 aromatic heterocycles. The van der Waals surface area contributed by atoms with Gasteiger partial charge in [0.2, 0.25) is 6.43 Å². The van der Waals surface area contributed by atoms with Crippen molar-refractivity contribution >= 4 is 5.97 Å². The Kier molecular flexibility index (Phi) is 6.25. The van der Waals surface area contributed by atoms with Crippen molar-refractivity contribution in [3.8, 4) is 0 Å². The van der Waals surface area contributed by atoms with Crippen LogP contribution in [0.4, 0.5) is 8.78 Å². The number of ether oxygens (including phenoxy) is 2. The third kappa shape index (κ3) is 5.97. The summed E-state index contributed by atoms with van der Waals surface area (Å²) < 4.78 is 33.3. The zero-order chi connectivity index (χ0) is 11.8. The molecular weight excluding hydrogens is 220 g/mol. The zero-order valence-electron chi connectivity index (χ0n) is 9.16. The molecule has 94 valence electrons. The first-order valence-corrected chi connectivity index (χ1v) is 5.42. The number of esters is 1. The van der Waals surface area contributed by atoms with E-state index >= 15 is 0 Å². The summed E-state index contributed by atoms with van der Waals surface area (Å²) in [6, 6.07) is 0. The van der Waals surface area contributed by atoms with Crippen molar-refractivity contribution in [2.24, 2.45) is 0 Å². The Hall–Kier alpha value is -0.750. The van der Waals surface area contributed by atoms with Gasteiger partial charge in [-0.3, -0.25) is 9.69 Å². The standard InChI is InChI=1S/C10H17F2NO3/c11-9(12)2-6-16-10(14)1-3-13-4-7-15-8-5-13/h9H,1-8H2. The average molecular weight is 237 g/mol. The van der Waals surface area contributed by atoms with E-state index in [1.807, 2.05) is 0 Å². The largest absolute Gasteiger partial charge is 0.465 e. The van der Waals surface area contributed by atoms with Gasteiger partial charge in [0.25, 0.3) is 0 Å². The van der Waals surface area contributed by atoms with Gasteiger partial charge in [-0.1, -0.05) is 0 Å². The highest BCUT2D eigenvalue weighted by atomic mass is 19.3. The minimum atomic E-state index is -2.41. The first-order chi connectivity index (χ1) is 7.68. The molecule has 1 rings (SSSR count). The molecule has 0 aliphatic carbocycles. The zero-order valence-corrected chi connectivity index (χ0v) is 9.16. The van der Waals surface area contributed by atoms with E-state index in [4.69, 9.17) is 4.74 Å². The molecule has 0 radical (unpaired) electrons. The lowest BCUT2D eigenvalue weighted by atomic mass is 10.3. The molecule has 0 bridgehead atoms. The SMILES string of the molecule is O=C(CCN1CCOCC1)OCCC(F)F. The molecule has 1 aliphatic heterocycles. The van der Waals surface area contributed by atoms with Crippen LogP contribution in [0.15, 0.2) is 0 Å². The van der Waals surface area contributed by atoms with Crippen LogP contribution >= 0.6 is 0 Å². The molecule has 1 saturated heterocycles. The van der Waals surface area contributed by atoms with Gasteiger partial charge < -0.3 is 9.47 Å². The van der Waals surface area contributed by atoms with Crippen LogP contribution in [0.1, 0.15) is 12.8 Å². The lowest BCUT2D eigenvalue weighted by molar-refractivity contribution is -0.145. The summed E-state index contributed by atoms with van der Waals surface area (Å²) in [6.45, 7) is 3.39. The topological polar surface area (TPSA) is 38.8 Å². The van der Waals surface area contributed by atoms with E-state index < -0.39 is 12.4 Å². The number of halogens is 2. The van der Waals surface area contributed by atoms with Crippen molar-refractivity contribution in [3.63, 3.8) is 0 Å². The van der Waals surface area contributed by atoms with Crippen LogP contribution in [0.5, 0.6) is 0 Å². The highest BCUT2D eigenvalue weighted by Crippen LogP contribution is 2.01. The maximum Gasteiger partial charge on any atom is 0.307 e. The fraction of sp³-hybridized carbons (Fsp3) is 0.900. The second kappa shape index (κ2) is 7.51. The van der Waals surface area contributed by atoms with E-state index in [1.54, 1.807) is 0 Å². The van der Waals surface area contributed by atoms with Gasteiger partial charge in [0, 0.05) is 26.1 Å². The Bertz CT molecular complexity index is 208. The number of rotatable bonds is 6. The van der Waals surface area contributed by atoms with Gasteiger partial charge in [-0.05, 0) is 0 Å². The molecule has 4 nitrogen and oxygen atoms in total. The summed E-state index contributed by atoms with van der Waals surface area (Å²) in [5, 5.41) is 0. The second-order valence-electron chi connectivity index (χ2n) is 3.60. The normalized spacial score (nSPS) is 17.7. The maximum absolute atomic E-state index is 11.7. The fourth-order valence-corrected chi connectivity index (χ4v) is 1.41. The number of nitrogens with zero attached hydrogens (tertiary/aromatic N) is 1. The van der Waals surface area contributed by atoms with E-state index in [2.05, 4.69) is 9.64 Å². The molecule has 0 N–H and O–H groups in total. The first kappa shape index (κ1) is 13.3. The molecule has 0 atom stereocenters. The summed E-state index contributed by atoms with van der Waals surface area (Å²) in [4.78, 5) is 13.2. The number of hydrogen-bond donors (Lipinski definition) is 0. The average Bonchev–Trinajstić information content (AvgIpc) is 2.27. The molecular formula is C10H17F2NO3. The minimum absolute atomic E-state index is 0.195. The van der Waals surface area contributed by atoms with Gasteiger partial charge in [0.15, 0.2) is 0 Å². The Labute approximate surface area is 93.5 Å². The molecule has 0 aromatic rings. The molecule has 0 amide bonds. The van der Waals surface area contributed by atoms with E-state index in [-0.39, 0.29) is 19.4 Å². The number of carbonyl (C=O) groups is 1. The van der Waals surface area contributed by atoms with Crippen LogP contribution in [-0.2, 0) is 14.3 Å². The lowest BCUT2D eigenvalue weighted by Crippen LogP contribution is -2.37. The van der Waals surface area contributed by atoms with Gasteiger partial charge in [-0.2, -0.15) is 0 Å². The van der Waals surface area contributed by atoms with Gasteiger partial charge >= 0.3 is 5.97 Å². The van der Waals surface area contributed by atoms with Crippen molar-refractivity contribution < 1.29 is 23.0 Å². The van der Waals surface area contributed by atoms with Crippen LogP contribution in [-0.4, -0.2) is 56.7 Å². The predicted octanol–water partition coefficient (Wildman–Crippen LogP) is 0.907. The molecule has 16 heavy (non-hydrogen) atoms. The van der Waals surface area contributed by atoms with Crippen molar-refractivity contribution in [2.75, 3.05) is 39.5 Å². The summed E-state index contributed by atoms with van der Waals surface area (Å²) in [6.07, 6.45) is -2.54. The monoisotopic (exact) mass is 237 g/mol. The molecule has 1 aliphatic rings.